The van der Waals surface area contributed by atoms with Crippen LogP contribution in [-0.4, -0.2) is 5.91 Å². The second-order valence-electron chi connectivity index (χ2n) is 6.07. The molecule has 0 radical (unpaired) electrons. The molecule has 3 nitrogen and oxygen atoms in total. The van der Waals surface area contributed by atoms with Gasteiger partial charge in [-0.15, -0.1) is 12.4 Å². The molecule has 1 aliphatic rings. The molecule has 1 aliphatic carbocycles. The predicted octanol–water partition coefficient (Wildman–Crippen LogP) is 3.62. The lowest BCUT2D eigenvalue weighted by Crippen LogP contribution is -2.35. The Morgan fingerprint density at radius 3 is 2.57 bits per heavy atom. The third-order valence-electron chi connectivity index (χ3n) is 4.57. The zero-order chi connectivity index (χ0) is 15.5. The van der Waals surface area contributed by atoms with Crippen molar-refractivity contribution >= 4 is 18.3 Å². The second kappa shape index (κ2) is 7.62. The van der Waals surface area contributed by atoms with Gasteiger partial charge >= 0.3 is 0 Å². The maximum Gasteiger partial charge on any atom is 0.251 e. The van der Waals surface area contributed by atoms with Crippen molar-refractivity contribution in [2.45, 2.75) is 32.4 Å². The van der Waals surface area contributed by atoms with Crippen molar-refractivity contribution in [2.75, 3.05) is 0 Å². The van der Waals surface area contributed by atoms with Crippen LogP contribution in [0.4, 0.5) is 0 Å². The summed E-state index contributed by atoms with van der Waals surface area (Å²) in [6.07, 6.45) is 2.20. The summed E-state index contributed by atoms with van der Waals surface area (Å²) in [5, 5.41) is 3.21. The van der Waals surface area contributed by atoms with E-state index in [4.69, 9.17) is 5.73 Å². The average molecular weight is 331 g/mol. The van der Waals surface area contributed by atoms with E-state index in [-0.39, 0.29) is 24.4 Å². The Balaban J connectivity index is 0.00000192. The maximum absolute atomic E-state index is 12.5. The van der Waals surface area contributed by atoms with Crippen molar-refractivity contribution in [1.82, 2.24) is 5.32 Å². The number of fused-ring (bicyclic) bond motifs is 1. The van der Waals surface area contributed by atoms with E-state index in [0.717, 1.165) is 18.4 Å². The molecule has 0 heterocycles. The zero-order valence-electron chi connectivity index (χ0n) is 13.3. The third kappa shape index (κ3) is 3.74. The number of hydrogen-bond donors (Lipinski definition) is 2. The van der Waals surface area contributed by atoms with E-state index in [1.807, 2.05) is 30.3 Å². The molecule has 23 heavy (non-hydrogen) atoms. The van der Waals surface area contributed by atoms with E-state index in [1.165, 1.54) is 11.1 Å². The molecule has 0 spiro atoms. The van der Waals surface area contributed by atoms with Crippen molar-refractivity contribution < 1.29 is 4.79 Å². The first-order valence-corrected chi connectivity index (χ1v) is 7.86. The fourth-order valence-electron chi connectivity index (χ4n) is 3.16. The lowest BCUT2D eigenvalue weighted by Gasteiger charge is -2.32. The standard InChI is InChI=1S/C19H22N2O.ClH/c1-13-6-9-15-4-2-3-5-17(15)18(13)21-19(22)16-10-7-14(12-20)8-11-16;/h2-5,7-8,10-11,13,18H,6,9,12,20H2,1H3,(H,21,22);1H. The van der Waals surface area contributed by atoms with Crippen molar-refractivity contribution in [3.8, 4) is 0 Å². The van der Waals surface area contributed by atoms with Crippen molar-refractivity contribution in [3.63, 3.8) is 0 Å². The number of rotatable bonds is 3. The summed E-state index contributed by atoms with van der Waals surface area (Å²) in [4.78, 5) is 12.5. The average Bonchev–Trinajstić information content (AvgIpc) is 2.57. The highest BCUT2D eigenvalue weighted by Gasteiger charge is 2.27. The summed E-state index contributed by atoms with van der Waals surface area (Å²) < 4.78 is 0. The Labute approximate surface area is 143 Å². The number of carbonyl (C=O) groups excluding carboxylic acids is 1. The van der Waals surface area contributed by atoms with E-state index in [1.54, 1.807) is 0 Å². The van der Waals surface area contributed by atoms with Gasteiger partial charge in [-0.25, -0.2) is 0 Å². The second-order valence-corrected chi connectivity index (χ2v) is 6.07. The molecular weight excluding hydrogens is 308 g/mol. The van der Waals surface area contributed by atoms with Gasteiger partial charge in [0, 0.05) is 12.1 Å². The largest absolute Gasteiger partial charge is 0.345 e. The van der Waals surface area contributed by atoms with Crippen LogP contribution in [0.25, 0.3) is 0 Å². The van der Waals surface area contributed by atoms with Gasteiger partial charge < -0.3 is 11.1 Å². The molecule has 122 valence electrons. The minimum Gasteiger partial charge on any atom is -0.345 e. The molecule has 3 rings (SSSR count). The van der Waals surface area contributed by atoms with Crippen LogP contribution in [0.3, 0.4) is 0 Å². The number of halogens is 1. The van der Waals surface area contributed by atoms with E-state index < -0.39 is 0 Å². The van der Waals surface area contributed by atoms with Crippen LogP contribution in [0.15, 0.2) is 48.5 Å². The number of benzene rings is 2. The molecular formula is C19H23ClN2O. The smallest absolute Gasteiger partial charge is 0.251 e. The van der Waals surface area contributed by atoms with Crippen LogP contribution in [0.2, 0.25) is 0 Å². The normalized spacial score (nSPS) is 19.4. The summed E-state index contributed by atoms with van der Waals surface area (Å²) in [6, 6.07) is 16.0. The Bertz CT molecular complexity index is 669. The van der Waals surface area contributed by atoms with Gasteiger partial charge in [0.2, 0.25) is 0 Å². The van der Waals surface area contributed by atoms with E-state index >= 15 is 0 Å². The number of hydrogen-bond acceptors (Lipinski definition) is 2. The van der Waals surface area contributed by atoms with Crippen LogP contribution in [0.1, 0.15) is 46.4 Å². The fraction of sp³-hybridized carbons (Fsp3) is 0.316. The van der Waals surface area contributed by atoms with Crippen LogP contribution >= 0.6 is 12.4 Å². The van der Waals surface area contributed by atoms with Crippen LogP contribution < -0.4 is 11.1 Å². The van der Waals surface area contributed by atoms with Gasteiger partial charge in [0.1, 0.15) is 0 Å². The summed E-state index contributed by atoms with van der Waals surface area (Å²) in [5.74, 6) is 0.430. The summed E-state index contributed by atoms with van der Waals surface area (Å²) in [6.45, 7) is 2.70. The van der Waals surface area contributed by atoms with Gasteiger partial charge in [-0.2, -0.15) is 0 Å². The molecule has 0 bridgehead atoms. The lowest BCUT2D eigenvalue weighted by atomic mass is 9.80. The fourth-order valence-corrected chi connectivity index (χ4v) is 3.16. The van der Waals surface area contributed by atoms with Gasteiger partial charge in [-0.05, 0) is 47.6 Å². The van der Waals surface area contributed by atoms with Gasteiger partial charge in [-0.1, -0.05) is 43.3 Å². The van der Waals surface area contributed by atoms with E-state index in [0.29, 0.717) is 18.0 Å². The first-order chi connectivity index (χ1) is 10.7. The topological polar surface area (TPSA) is 55.1 Å². The van der Waals surface area contributed by atoms with E-state index in [9.17, 15) is 4.79 Å². The number of nitrogens with one attached hydrogen (secondary N) is 1. The quantitative estimate of drug-likeness (QED) is 0.903. The highest BCUT2D eigenvalue weighted by molar-refractivity contribution is 5.94. The molecule has 1 amide bonds. The lowest BCUT2D eigenvalue weighted by molar-refractivity contribution is 0.0919. The number of amides is 1. The molecule has 0 saturated heterocycles. The molecule has 2 aromatic carbocycles. The van der Waals surface area contributed by atoms with Crippen molar-refractivity contribution in [3.05, 3.63) is 70.8 Å². The Morgan fingerprint density at radius 1 is 1.17 bits per heavy atom. The molecule has 0 fully saturated rings. The first kappa shape index (κ1) is 17.5. The Hall–Kier alpha value is -1.84. The molecule has 2 aromatic rings. The van der Waals surface area contributed by atoms with E-state index in [2.05, 4.69) is 30.4 Å². The highest BCUT2D eigenvalue weighted by atomic mass is 35.5. The number of carbonyl (C=O) groups is 1. The summed E-state index contributed by atoms with van der Waals surface area (Å²) in [7, 11) is 0. The van der Waals surface area contributed by atoms with Gasteiger partial charge in [0.15, 0.2) is 0 Å². The third-order valence-corrected chi connectivity index (χ3v) is 4.57. The molecule has 0 aliphatic heterocycles. The molecule has 0 aromatic heterocycles. The van der Waals surface area contributed by atoms with Crippen LogP contribution in [0, 0.1) is 5.92 Å². The zero-order valence-corrected chi connectivity index (χ0v) is 14.1. The minimum absolute atomic E-state index is 0. The molecule has 2 atom stereocenters. The van der Waals surface area contributed by atoms with Crippen molar-refractivity contribution in [2.24, 2.45) is 11.7 Å². The van der Waals surface area contributed by atoms with Crippen molar-refractivity contribution in [1.29, 1.82) is 0 Å². The summed E-state index contributed by atoms with van der Waals surface area (Å²) >= 11 is 0. The Kier molecular flexibility index (Phi) is 5.80. The van der Waals surface area contributed by atoms with Crippen LogP contribution in [0.5, 0.6) is 0 Å². The van der Waals surface area contributed by atoms with Gasteiger partial charge in [0.05, 0.1) is 6.04 Å². The maximum atomic E-state index is 12.5. The molecule has 2 unspecified atom stereocenters. The molecule has 4 heteroatoms. The SMILES string of the molecule is CC1CCc2ccccc2C1NC(=O)c1ccc(CN)cc1.Cl. The highest BCUT2D eigenvalue weighted by Crippen LogP contribution is 2.34. The Morgan fingerprint density at radius 2 is 1.87 bits per heavy atom. The monoisotopic (exact) mass is 330 g/mol. The molecule has 3 N–H and O–H groups in total. The van der Waals surface area contributed by atoms with Gasteiger partial charge in [-0.3, -0.25) is 4.79 Å². The van der Waals surface area contributed by atoms with Gasteiger partial charge in [0.25, 0.3) is 5.91 Å². The number of nitrogens with two attached hydrogens (primary N) is 1. The number of aryl methyl sites for hydroxylation is 1. The predicted molar refractivity (Wildman–Crippen MR) is 95.7 cm³/mol. The first-order valence-electron chi connectivity index (χ1n) is 7.86. The minimum atomic E-state index is -0.0166. The summed E-state index contributed by atoms with van der Waals surface area (Å²) in [5.41, 5.74) is 9.93. The van der Waals surface area contributed by atoms with Crippen LogP contribution in [-0.2, 0) is 13.0 Å². The molecule has 0 saturated carbocycles.